The molecule has 0 bridgehead atoms. The second kappa shape index (κ2) is 10.3. The zero-order valence-corrected chi connectivity index (χ0v) is 18.5. The molecule has 1 aromatic carbocycles. The molecule has 2 aromatic rings. The molecule has 0 saturated heterocycles. The van der Waals surface area contributed by atoms with E-state index < -0.39 is 11.0 Å². The lowest BCUT2D eigenvalue weighted by molar-refractivity contribution is -0.166. The summed E-state index contributed by atoms with van der Waals surface area (Å²) in [4.78, 5) is 17.1. The fraction of sp³-hybridized carbons (Fsp3) is 0.429. The second-order valence-corrected chi connectivity index (χ2v) is 7.43. The third-order valence-corrected chi connectivity index (χ3v) is 5.44. The van der Waals surface area contributed by atoms with Crippen molar-refractivity contribution in [2.75, 3.05) is 11.9 Å². The molecule has 1 aliphatic carbocycles. The molecule has 3 N–H and O–H groups in total. The maximum Gasteiger partial charge on any atom is 0.245 e. The van der Waals surface area contributed by atoms with Crippen LogP contribution in [0.3, 0.4) is 0 Å². The van der Waals surface area contributed by atoms with Gasteiger partial charge in [-0.25, -0.2) is 0 Å². The Morgan fingerprint density at radius 2 is 2.00 bits per heavy atom. The van der Waals surface area contributed by atoms with Crippen molar-refractivity contribution in [1.82, 2.24) is 4.98 Å². The molecular weight excluding hydrogens is 413 g/mol. The Bertz CT molecular complexity index is 805. The highest BCUT2D eigenvalue weighted by atomic mass is 35.5. The molecular formula is C21H29Cl2N3O3. The zero-order chi connectivity index (χ0) is 19.5. The maximum atomic E-state index is 12.8. The van der Waals surface area contributed by atoms with Gasteiger partial charge in [0.25, 0.3) is 0 Å². The smallest absolute Gasteiger partial charge is 0.245 e. The lowest BCUT2D eigenvalue weighted by Crippen LogP contribution is -2.74. The van der Waals surface area contributed by atoms with E-state index in [0.717, 1.165) is 5.69 Å². The molecule has 6 nitrogen and oxygen atoms in total. The maximum absolute atomic E-state index is 12.8. The average Bonchev–Trinajstić information content (AvgIpc) is 2.67. The van der Waals surface area contributed by atoms with E-state index in [2.05, 4.69) is 10.3 Å². The van der Waals surface area contributed by atoms with Crippen molar-refractivity contribution < 1.29 is 14.3 Å². The summed E-state index contributed by atoms with van der Waals surface area (Å²) in [6, 6.07) is 13.0. The van der Waals surface area contributed by atoms with Crippen LogP contribution in [0.4, 0.5) is 5.69 Å². The van der Waals surface area contributed by atoms with Crippen LogP contribution in [0.15, 0.2) is 48.7 Å². The number of nitrogens with one attached hydrogen (secondary N) is 1. The topological polar surface area (TPSA) is 86.5 Å². The lowest BCUT2D eigenvalue weighted by Gasteiger charge is -2.57. The monoisotopic (exact) mass is 441 g/mol. The molecule has 0 radical (unpaired) electrons. The summed E-state index contributed by atoms with van der Waals surface area (Å²) in [6.45, 7) is 6.87. The molecule has 2 atom stereocenters. The van der Waals surface area contributed by atoms with E-state index in [-0.39, 0.29) is 36.8 Å². The number of carbonyl (C=O) groups is 1. The van der Waals surface area contributed by atoms with Crippen LogP contribution < -0.4 is 15.8 Å². The van der Waals surface area contributed by atoms with Gasteiger partial charge in [0.15, 0.2) is 0 Å². The van der Waals surface area contributed by atoms with Gasteiger partial charge in [-0.05, 0) is 31.2 Å². The number of carbonyl (C=O) groups excluding carboxylic acids is 1. The molecule has 160 valence electrons. The fourth-order valence-corrected chi connectivity index (χ4v) is 3.37. The Hall–Kier alpha value is -1.86. The van der Waals surface area contributed by atoms with E-state index in [1.165, 1.54) is 0 Å². The first-order valence-corrected chi connectivity index (χ1v) is 9.21. The number of hydrogen-bond donors (Lipinski definition) is 2. The molecule has 1 heterocycles. The van der Waals surface area contributed by atoms with Crippen molar-refractivity contribution in [1.29, 1.82) is 0 Å². The Labute approximate surface area is 184 Å². The minimum atomic E-state index is -0.961. The van der Waals surface area contributed by atoms with Crippen LogP contribution in [-0.2, 0) is 16.1 Å². The molecule has 1 amide bonds. The highest BCUT2D eigenvalue weighted by Gasteiger charge is 2.62. The van der Waals surface area contributed by atoms with Crippen LogP contribution in [0.1, 0.15) is 32.9 Å². The Kier molecular flexibility index (Phi) is 8.90. The van der Waals surface area contributed by atoms with E-state index >= 15 is 0 Å². The normalized spacial score (nSPS) is 21.7. The first-order chi connectivity index (χ1) is 12.9. The molecule has 1 aliphatic rings. The number of nitrogens with zero attached hydrogens (tertiary/aromatic N) is 1. The number of anilines is 1. The van der Waals surface area contributed by atoms with E-state index in [1.807, 2.05) is 57.2 Å². The summed E-state index contributed by atoms with van der Waals surface area (Å²) in [7, 11) is 0. The predicted octanol–water partition coefficient (Wildman–Crippen LogP) is 3.98. The van der Waals surface area contributed by atoms with Gasteiger partial charge in [0.05, 0.1) is 11.8 Å². The van der Waals surface area contributed by atoms with Crippen molar-refractivity contribution in [3.63, 3.8) is 0 Å². The van der Waals surface area contributed by atoms with Gasteiger partial charge in [-0.2, -0.15) is 0 Å². The number of hydrogen-bond acceptors (Lipinski definition) is 5. The summed E-state index contributed by atoms with van der Waals surface area (Å²) >= 11 is 0. The van der Waals surface area contributed by atoms with Crippen LogP contribution in [-0.4, -0.2) is 29.1 Å². The van der Waals surface area contributed by atoms with Crippen LogP contribution in [0.2, 0.25) is 0 Å². The van der Waals surface area contributed by atoms with Crippen molar-refractivity contribution in [2.45, 2.75) is 45.4 Å². The van der Waals surface area contributed by atoms with Crippen LogP contribution >= 0.6 is 24.8 Å². The number of nitrogens with two attached hydrogens (primary N) is 1. The first-order valence-electron chi connectivity index (χ1n) is 9.21. The van der Waals surface area contributed by atoms with Gasteiger partial charge in [0.1, 0.15) is 17.9 Å². The average molecular weight is 442 g/mol. The third kappa shape index (κ3) is 5.20. The van der Waals surface area contributed by atoms with E-state index in [0.29, 0.717) is 31.1 Å². The van der Waals surface area contributed by atoms with Crippen LogP contribution in [0, 0.1) is 5.41 Å². The van der Waals surface area contributed by atoms with Crippen LogP contribution in [0.25, 0.3) is 0 Å². The quantitative estimate of drug-likeness (QED) is 0.678. The van der Waals surface area contributed by atoms with E-state index in [1.54, 1.807) is 12.3 Å². The Morgan fingerprint density at radius 3 is 2.62 bits per heavy atom. The summed E-state index contributed by atoms with van der Waals surface area (Å²) < 4.78 is 11.5. The summed E-state index contributed by atoms with van der Waals surface area (Å²) in [5.41, 5.74) is 6.53. The Balaban J connectivity index is 0.00000210. The van der Waals surface area contributed by atoms with Gasteiger partial charge >= 0.3 is 0 Å². The van der Waals surface area contributed by atoms with Crippen molar-refractivity contribution in [2.24, 2.45) is 11.1 Å². The number of amides is 1. The summed E-state index contributed by atoms with van der Waals surface area (Å²) in [6.07, 6.45) is 2.23. The minimum Gasteiger partial charge on any atom is -0.487 e. The largest absolute Gasteiger partial charge is 0.487 e. The molecule has 0 spiro atoms. The molecule has 1 aromatic heterocycles. The number of halogens is 2. The fourth-order valence-electron chi connectivity index (χ4n) is 3.37. The molecule has 0 aliphatic heterocycles. The second-order valence-electron chi connectivity index (χ2n) is 7.43. The van der Waals surface area contributed by atoms with Gasteiger partial charge < -0.3 is 20.5 Å². The number of benzene rings is 1. The predicted molar refractivity (Wildman–Crippen MR) is 119 cm³/mol. The van der Waals surface area contributed by atoms with Gasteiger partial charge in [0, 0.05) is 36.4 Å². The number of pyridine rings is 1. The molecule has 8 heteroatoms. The summed E-state index contributed by atoms with van der Waals surface area (Å²) in [5, 5.41) is 2.93. The van der Waals surface area contributed by atoms with E-state index in [4.69, 9.17) is 15.2 Å². The lowest BCUT2D eigenvalue weighted by atomic mass is 9.54. The van der Waals surface area contributed by atoms with E-state index in [9.17, 15) is 4.79 Å². The first kappa shape index (κ1) is 25.2. The van der Waals surface area contributed by atoms with Gasteiger partial charge in [-0.15, -0.1) is 24.8 Å². The van der Waals surface area contributed by atoms with Crippen LogP contribution in [0.5, 0.6) is 5.75 Å². The third-order valence-electron chi connectivity index (χ3n) is 5.44. The molecule has 3 rings (SSSR count). The van der Waals surface area contributed by atoms with Crippen molar-refractivity contribution in [3.05, 3.63) is 54.4 Å². The standard InChI is InChI=1S/C21H27N3O3.2ClH/c1-4-26-18-13-21(22,20(18,2)3)19(25)24-15-9-7-10-17(12-15)27-14-16-8-5-6-11-23-16;;/h5-12,18H,4,13-14,22H2,1-3H3,(H,24,25);2*1H. The number of rotatable bonds is 7. The summed E-state index contributed by atoms with van der Waals surface area (Å²) in [5.74, 6) is 0.454. The Morgan fingerprint density at radius 1 is 1.24 bits per heavy atom. The van der Waals surface area contributed by atoms with Gasteiger partial charge in [-0.1, -0.05) is 26.0 Å². The van der Waals surface area contributed by atoms with Gasteiger partial charge in [-0.3, -0.25) is 9.78 Å². The number of ether oxygens (including phenoxy) is 2. The highest BCUT2D eigenvalue weighted by Crippen LogP contribution is 2.50. The minimum absolute atomic E-state index is 0. The molecule has 1 fully saturated rings. The van der Waals surface area contributed by atoms with Gasteiger partial charge in [0.2, 0.25) is 5.91 Å². The molecule has 29 heavy (non-hydrogen) atoms. The van der Waals surface area contributed by atoms with Crippen molar-refractivity contribution >= 4 is 36.4 Å². The number of aromatic nitrogens is 1. The highest BCUT2D eigenvalue weighted by molar-refractivity contribution is 5.99. The molecule has 2 unspecified atom stereocenters. The zero-order valence-electron chi connectivity index (χ0n) is 16.9. The SMILES string of the molecule is CCOC1CC(N)(C(=O)Nc2cccc(OCc3ccccn3)c2)C1(C)C.Cl.Cl. The van der Waals surface area contributed by atoms with Crippen molar-refractivity contribution in [3.8, 4) is 5.75 Å². The molecule has 1 saturated carbocycles.